The first-order valence-corrected chi connectivity index (χ1v) is 6.18. The molecule has 1 aromatic rings. The molecule has 18 heavy (non-hydrogen) atoms. The summed E-state index contributed by atoms with van der Waals surface area (Å²) in [5, 5.41) is 0. The molecular weight excluding hydrogens is 232 g/mol. The van der Waals surface area contributed by atoms with Gasteiger partial charge in [0, 0.05) is 5.56 Å². The Balaban J connectivity index is 2.37. The van der Waals surface area contributed by atoms with Gasteiger partial charge in [0.1, 0.15) is 6.10 Å². The van der Waals surface area contributed by atoms with E-state index in [4.69, 9.17) is 14.2 Å². The molecule has 0 amide bonds. The fourth-order valence-corrected chi connectivity index (χ4v) is 2.20. The van der Waals surface area contributed by atoms with Crippen LogP contribution in [0.2, 0.25) is 0 Å². The number of fused-ring (bicyclic) bond motifs is 1. The van der Waals surface area contributed by atoms with E-state index in [0.29, 0.717) is 17.1 Å². The molecule has 2 rings (SSSR count). The molecular formula is C14H18O4. The Hall–Kier alpha value is -1.71. The van der Waals surface area contributed by atoms with E-state index in [1.54, 1.807) is 20.3 Å². The lowest BCUT2D eigenvalue weighted by atomic mass is 10.0. The lowest BCUT2D eigenvalue weighted by molar-refractivity contribution is 0.0364. The van der Waals surface area contributed by atoms with Crippen molar-refractivity contribution < 1.29 is 19.0 Å². The average Bonchev–Trinajstić information content (AvgIpc) is 2.71. The second-order valence-corrected chi connectivity index (χ2v) is 4.33. The minimum absolute atomic E-state index is 0.146. The van der Waals surface area contributed by atoms with Crippen LogP contribution in [0.25, 0.3) is 0 Å². The molecule has 0 radical (unpaired) electrons. The molecule has 0 N–H and O–H groups in total. The van der Waals surface area contributed by atoms with Crippen molar-refractivity contribution in [3.63, 3.8) is 0 Å². The Morgan fingerprint density at radius 3 is 2.50 bits per heavy atom. The monoisotopic (exact) mass is 250 g/mol. The number of carbonyl (C=O) groups is 1. The summed E-state index contributed by atoms with van der Waals surface area (Å²) in [6, 6.07) is 3.54. The van der Waals surface area contributed by atoms with Gasteiger partial charge in [-0.25, -0.2) is 4.79 Å². The number of ether oxygens (including phenoxy) is 3. The standard InChI is InChI=1S/C14H18O4/c1-4-5-6-11-9-7-12(16-2)13(17-3)8-10(9)14(15)18-11/h7-8,11H,4-6H2,1-3H3. The molecule has 4 heteroatoms. The van der Waals surface area contributed by atoms with Crippen LogP contribution in [-0.2, 0) is 4.74 Å². The maximum Gasteiger partial charge on any atom is 0.339 e. The first kappa shape index (κ1) is 12.7. The summed E-state index contributed by atoms with van der Waals surface area (Å²) in [6.45, 7) is 2.12. The van der Waals surface area contributed by atoms with Crippen LogP contribution in [0.5, 0.6) is 11.5 Å². The Labute approximate surface area is 107 Å². The molecule has 4 nitrogen and oxygen atoms in total. The lowest BCUT2D eigenvalue weighted by Gasteiger charge is -2.12. The number of carbonyl (C=O) groups excluding carboxylic acids is 1. The lowest BCUT2D eigenvalue weighted by Crippen LogP contribution is -1.98. The van der Waals surface area contributed by atoms with Gasteiger partial charge in [-0.2, -0.15) is 0 Å². The fourth-order valence-electron chi connectivity index (χ4n) is 2.20. The number of hydrogen-bond donors (Lipinski definition) is 0. The zero-order valence-electron chi connectivity index (χ0n) is 11.0. The summed E-state index contributed by atoms with van der Waals surface area (Å²) in [5.74, 6) is 0.924. The van der Waals surface area contributed by atoms with Gasteiger partial charge in [0.05, 0.1) is 19.8 Å². The molecule has 1 aromatic carbocycles. The van der Waals surface area contributed by atoms with Crippen LogP contribution < -0.4 is 9.47 Å². The van der Waals surface area contributed by atoms with Gasteiger partial charge in [-0.3, -0.25) is 0 Å². The van der Waals surface area contributed by atoms with Gasteiger partial charge in [0.25, 0.3) is 0 Å². The number of unbranched alkanes of at least 4 members (excludes halogenated alkanes) is 1. The molecule has 0 aliphatic carbocycles. The molecule has 1 aliphatic rings. The molecule has 1 atom stereocenters. The van der Waals surface area contributed by atoms with Crippen LogP contribution in [0.4, 0.5) is 0 Å². The van der Waals surface area contributed by atoms with Gasteiger partial charge in [0.15, 0.2) is 11.5 Å². The summed E-state index contributed by atoms with van der Waals surface area (Å²) >= 11 is 0. The maximum absolute atomic E-state index is 11.8. The third kappa shape index (κ3) is 2.15. The van der Waals surface area contributed by atoms with E-state index in [9.17, 15) is 4.79 Å². The van der Waals surface area contributed by atoms with Crippen molar-refractivity contribution >= 4 is 5.97 Å². The first-order valence-electron chi connectivity index (χ1n) is 6.18. The molecule has 0 saturated heterocycles. The van der Waals surface area contributed by atoms with E-state index in [-0.39, 0.29) is 12.1 Å². The summed E-state index contributed by atoms with van der Waals surface area (Å²) in [7, 11) is 3.14. The SMILES string of the molecule is CCCCC1OC(=O)c2cc(OC)c(OC)cc21. The maximum atomic E-state index is 11.8. The Morgan fingerprint density at radius 2 is 1.89 bits per heavy atom. The Bertz CT molecular complexity index is 453. The summed E-state index contributed by atoms with van der Waals surface area (Å²) < 4.78 is 15.8. The van der Waals surface area contributed by atoms with E-state index in [1.807, 2.05) is 6.07 Å². The van der Waals surface area contributed by atoms with E-state index in [0.717, 1.165) is 24.8 Å². The molecule has 0 saturated carbocycles. The van der Waals surface area contributed by atoms with Crippen molar-refractivity contribution in [1.82, 2.24) is 0 Å². The predicted octanol–water partition coefficient (Wildman–Crippen LogP) is 3.11. The molecule has 0 fully saturated rings. The zero-order chi connectivity index (χ0) is 13.1. The quantitative estimate of drug-likeness (QED) is 0.753. The van der Waals surface area contributed by atoms with Crippen LogP contribution in [0.3, 0.4) is 0 Å². The largest absolute Gasteiger partial charge is 0.493 e. The van der Waals surface area contributed by atoms with Gasteiger partial charge in [-0.05, 0) is 25.0 Å². The van der Waals surface area contributed by atoms with Crippen molar-refractivity contribution in [2.24, 2.45) is 0 Å². The van der Waals surface area contributed by atoms with Crippen LogP contribution in [0, 0.1) is 0 Å². The Morgan fingerprint density at radius 1 is 1.22 bits per heavy atom. The van der Waals surface area contributed by atoms with Gasteiger partial charge in [-0.1, -0.05) is 13.3 Å². The van der Waals surface area contributed by atoms with Crippen LogP contribution >= 0.6 is 0 Å². The highest BCUT2D eigenvalue weighted by Gasteiger charge is 2.32. The zero-order valence-corrected chi connectivity index (χ0v) is 11.0. The van der Waals surface area contributed by atoms with Crippen LogP contribution in [0.15, 0.2) is 12.1 Å². The fraction of sp³-hybridized carbons (Fsp3) is 0.500. The predicted molar refractivity (Wildman–Crippen MR) is 67.2 cm³/mol. The highest BCUT2D eigenvalue weighted by atomic mass is 16.5. The van der Waals surface area contributed by atoms with Crippen LogP contribution in [-0.4, -0.2) is 20.2 Å². The summed E-state index contributed by atoms with van der Waals surface area (Å²) in [6.07, 6.45) is 2.82. The Kier molecular flexibility index (Phi) is 3.75. The third-order valence-corrected chi connectivity index (χ3v) is 3.19. The van der Waals surface area contributed by atoms with E-state index in [2.05, 4.69) is 6.92 Å². The first-order chi connectivity index (χ1) is 8.71. The molecule has 0 bridgehead atoms. The number of benzene rings is 1. The van der Waals surface area contributed by atoms with E-state index >= 15 is 0 Å². The van der Waals surface area contributed by atoms with Gasteiger partial charge in [0.2, 0.25) is 0 Å². The van der Waals surface area contributed by atoms with Crippen molar-refractivity contribution in [2.75, 3.05) is 14.2 Å². The molecule has 1 heterocycles. The van der Waals surface area contributed by atoms with Crippen molar-refractivity contribution in [2.45, 2.75) is 32.3 Å². The van der Waals surface area contributed by atoms with E-state index in [1.165, 1.54) is 0 Å². The van der Waals surface area contributed by atoms with Crippen molar-refractivity contribution in [3.8, 4) is 11.5 Å². The van der Waals surface area contributed by atoms with Crippen molar-refractivity contribution in [3.05, 3.63) is 23.3 Å². The molecule has 1 unspecified atom stereocenters. The smallest absolute Gasteiger partial charge is 0.339 e. The number of hydrogen-bond acceptors (Lipinski definition) is 4. The highest BCUT2D eigenvalue weighted by Crippen LogP contribution is 2.40. The summed E-state index contributed by atoms with van der Waals surface area (Å²) in [4.78, 5) is 11.8. The van der Waals surface area contributed by atoms with Crippen LogP contribution in [0.1, 0.15) is 48.2 Å². The third-order valence-electron chi connectivity index (χ3n) is 3.19. The second kappa shape index (κ2) is 5.29. The number of rotatable bonds is 5. The molecule has 0 spiro atoms. The minimum Gasteiger partial charge on any atom is -0.493 e. The number of esters is 1. The van der Waals surface area contributed by atoms with E-state index < -0.39 is 0 Å². The van der Waals surface area contributed by atoms with Gasteiger partial charge >= 0.3 is 5.97 Å². The van der Waals surface area contributed by atoms with Gasteiger partial charge in [-0.15, -0.1) is 0 Å². The summed E-state index contributed by atoms with van der Waals surface area (Å²) in [5.41, 5.74) is 1.50. The minimum atomic E-state index is -0.271. The van der Waals surface area contributed by atoms with Gasteiger partial charge < -0.3 is 14.2 Å². The molecule has 1 aliphatic heterocycles. The second-order valence-electron chi connectivity index (χ2n) is 4.33. The highest BCUT2D eigenvalue weighted by molar-refractivity contribution is 5.95. The number of cyclic esters (lactones) is 1. The normalized spacial score (nSPS) is 17.3. The average molecular weight is 250 g/mol. The molecule has 0 aromatic heterocycles. The van der Waals surface area contributed by atoms with Crippen molar-refractivity contribution in [1.29, 1.82) is 0 Å². The molecule has 98 valence electrons. The number of methoxy groups -OCH3 is 2. The topological polar surface area (TPSA) is 44.8 Å².